The van der Waals surface area contributed by atoms with Gasteiger partial charge in [-0.15, -0.1) is 0 Å². The average Bonchev–Trinajstić information content (AvgIpc) is 3.27. The number of anilines is 2. The van der Waals surface area contributed by atoms with Gasteiger partial charge in [0, 0.05) is 38.1 Å². The first-order valence-corrected chi connectivity index (χ1v) is 9.48. The molecule has 2 aromatic rings. The molecule has 140 valence electrons. The summed E-state index contributed by atoms with van der Waals surface area (Å²) in [6.45, 7) is 3.44. The molecule has 3 heterocycles. The monoisotopic (exact) mass is 365 g/mol. The number of nitrogens with zero attached hydrogens (tertiary/aromatic N) is 7. The molecule has 0 unspecified atom stereocenters. The highest BCUT2D eigenvalue weighted by Crippen LogP contribution is 2.28. The zero-order valence-electron chi connectivity index (χ0n) is 15.3. The lowest BCUT2D eigenvalue weighted by Crippen LogP contribution is -2.39. The number of hydrogen-bond donors (Lipinski definition) is 0. The molecule has 4 rings (SSSR count). The standard InChI is InChI=1S/C19H23N7O/c20-13-17-22-18(25-9-11-27-12-10-25)24-19(23-17)26(16-3-1-2-4-16)14-15-5-7-21-8-6-15/h5-8,16H,1-4,9-12,14H2. The van der Waals surface area contributed by atoms with Crippen LogP contribution >= 0.6 is 0 Å². The lowest BCUT2D eigenvalue weighted by Gasteiger charge is -2.31. The van der Waals surface area contributed by atoms with Gasteiger partial charge >= 0.3 is 0 Å². The Hall–Kier alpha value is -2.79. The second-order valence-corrected chi connectivity index (χ2v) is 6.89. The molecule has 1 aliphatic carbocycles. The molecule has 2 fully saturated rings. The summed E-state index contributed by atoms with van der Waals surface area (Å²) in [6.07, 6.45) is 8.26. The number of aromatic nitrogens is 4. The Morgan fingerprint density at radius 3 is 2.56 bits per heavy atom. The minimum atomic E-state index is 0.166. The molecule has 0 amide bonds. The van der Waals surface area contributed by atoms with Gasteiger partial charge in [0.15, 0.2) is 0 Å². The number of rotatable bonds is 5. The molecule has 27 heavy (non-hydrogen) atoms. The van der Waals surface area contributed by atoms with Gasteiger partial charge in [-0.25, -0.2) is 0 Å². The molecule has 2 aliphatic rings. The summed E-state index contributed by atoms with van der Waals surface area (Å²) in [6, 6.07) is 6.50. The largest absolute Gasteiger partial charge is 0.378 e. The Bertz CT molecular complexity index is 795. The highest BCUT2D eigenvalue weighted by atomic mass is 16.5. The first-order valence-electron chi connectivity index (χ1n) is 9.48. The molecule has 0 atom stereocenters. The summed E-state index contributed by atoms with van der Waals surface area (Å²) in [5, 5.41) is 9.45. The van der Waals surface area contributed by atoms with Gasteiger partial charge in [-0.2, -0.15) is 20.2 Å². The van der Waals surface area contributed by atoms with E-state index in [1.807, 2.05) is 12.1 Å². The van der Waals surface area contributed by atoms with Gasteiger partial charge in [0.1, 0.15) is 6.07 Å². The third-order valence-electron chi connectivity index (χ3n) is 5.13. The van der Waals surface area contributed by atoms with Crippen molar-refractivity contribution in [3.8, 4) is 6.07 Å². The molecule has 0 aromatic carbocycles. The maximum absolute atomic E-state index is 9.45. The Labute approximate surface area is 158 Å². The highest BCUT2D eigenvalue weighted by molar-refractivity contribution is 5.43. The second kappa shape index (κ2) is 8.27. The molecule has 0 radical (unpaired) electrons. The van der Waals surface area contributed by atoms with E-state index >= 15 is 0 Å². The number of morpholine rings is 1. The van der Waals surface area contributed by atoms with Gasteiger partial charge in [0.2, 0.25) is 17.7 Å². The van der Waals surface area contributed by atoms with E-state index in [-0.39, 0.29) is 5.82 Å². The summed E-state index contributed by atoms with van der Waals surface area (Å²) in [4.78, 5) is 22.0. The zero-order valence-corrected chi connectivity index (χ0v) is 15.3. The van der Waals surface area contributed by atoms with Gasteiger partial charge < -0.3 is 14.5 Å². The van der Waals surface area contributed by atoms with E-state index < -0.39 is 0 Å². The Kier molecular flexibility index (Phi) is 5.39. The predicted molar refractivity (Wildman–Crippen MR) is 100 cm³/mol. The molecule has 0 bridgehead atoms. The van der Waals surface area contributed by atoms with Crippen LogP contribution in [0, 0.1) is 11.3 Å². The van der Waals surface area contributed by atoms with E-state index in [0.29, 0.717) is 37.7 Å². The fourth-order valence-corrected chi connectivity index (χ4v) is 3.70. The van der Waals surface area contributed by atoms with Gasteiger partial charge in [-0.1, -0.05) is 12.8 Å². The third kappa shape index (κ3) is 4.14. The molecule has 1 saturated heterocycles. The van der Waals surface area contributed by atoms with Crippen molar-refractivity contribution in [2.45, 2.75) is 38.3 Å². The van der Waals surface area contributed by atoms with Crippen molar-refractivity contribution >= 4 is 11.9 Å². The average molecular weight is 365 g/mol. The van der Waals surface area contributed by atoms with Gasteiger partial charge in [-0.05, 0) is 30.5 Å². The molecule has 8 heteroatoms. The van der Waals surface area contributed by atoms with Crippen molar-refractivity contribution in [2.75, 3.05) is 36.1 Å². The smallest absolute Gasteiger partial charge is 0.238 e. The van der Waals surface area contributed by atoms with E-state index in [1.165, 1.54) is 12.8 Å². The van der Waals surface area contributed by atoms with Crippen molar-refractivity contribution in [3.63, 3.8) is 0 Å². The van der Waals surface area contributed by atoms with Crippen molar-refractivity contribution in [3.05, 3.63) is 35.9 Å². The van der Waals surface area contributed by atoms with E-state index in [1.54, 1.807) is 12.4 Å². The summed E-state index contributed by atoms with van der Waals surface area (Å²) in [7, 11) is 0. The van der Waals surface area contributed by atoms with E-state index in [0.717, 1.165) is 31.5 Å². The Balaban J connectivity index is 1.68. The van der Waals surface area contributed by atoms with Crippen LogP contribution in [0.1, 0.15) is 37.1 Å². The maximum Gasteiger partial charge on any atom is 0.238 e. The van der Waals surface area contributed by atoms with Crippen LogP contribution in [0.5, 0.6) is 0 Å². The van der Waals surface area contributed by atoms with Crippen LogP contribution in [0.3, 0.4) is 0 Å². The molecule has 0 N–H and O–H groups in total. The Morgan fingerprint density at radius 2 is 1.85 bits per heavy atom. The highest BCUT2D eigenvalue weighted by Gasteiger charge is 2.27. The molecule has 8 nitrogen and oxygen atoms in total. The normalized spacial score (nSPS) is 17.7. The SMILES string of the molecule is N#Cc1nc(N2CCOCC2)nc(N(Cc2ccncc2)C2CCCC2)n1. The third-order valence-corrected chi connectivity index (χ3v) is 5.13. The minimum Gasteiger partial charge on any atom is -0.378 e. The Morgan fingerprint density at radius 1 is 1.11 bits per heavy atom. The van der Waals surface area contributed by atoms with E-state index in [2.05, 4.69) is 30.8 Å². The first-order chi connectivity index (χ1) is 13.3. The van der Waals surface area contributed by atoms with E-state index in [4.69, 9.17) is 9.72 Å². The second-order valence-electron chi connectivity index (χ2n) is 6.89. The topological polar surface area (TPSA) is 91.1 Å². The summed E-state index contributed by atoms with van der Waals surface area (Å²) in [5.74, 6) is 1.32. The van der Waals surface area contributed by atoms with Gasteiger partial charge in [-0.3, -0.25) is 4.98 Å². The molecule has 0 spiro atoms. The van der Waals surface area contributed by atoms with Crippen LogP contribution in [-0.4, -0.2) is 52.3 Å². The van der Waals surface area contributed by atoms with Crippen molar-refractivity contribution in [1.29, 1.82) is 5.26 Å². The first kappa shape index (κ1) is 17.6. The summed E-state index contributed by atoms with van der Waals surface area (Å²) >= 11 is 0. The van der Waals surface area contributed by atoms with Crippen molar-refractivity contribution in [2.24, 2.45) is 0 Å². The minimum absolute atomic E-state index is 0.166. The van der Waals surface area contributed by atoms with Crippen LogP contribution in [0.4, 0.5) is 11.9 Å². The van der Waals surface area contributed by atoms with Crippen LogP contribution in [0.2, 0.25) is 0 Å². The predicted octanol–water partition coefficient (Wildman–Crippen LogP) is 1.92. The number of ether oxygens (including phenoxy) is 1. The van der Waals surface area contributed by atoms with Crippen LogP contribution in [0.15, 0.2) is 24.5 Å². The van der Waals surface area contributed by atoms with Crippen molar-refractivity contribution < 1.29 is 4.74 Å². The molecular weight excluding hydrogens is 342 g/mol. The lowest BCUT2D eigenvalue weighted by molar-refractivity contribution is 0.122. The number of hydrogen-bond acceptors (Lipinski definition) is 8. The molecule has 1 saturated carbocycles. The summed E-state index contributed by atoms with van der Waals surface area (Å²) in [5.41, 5.74) is 1.16. The van der Waals surface area contributed by atoms with Crippen LogP contribution in [0.25, 0.3) is 0 Å². The van der Waals surface area contributed by atoms with Crippen molar-refractivity contribution in [1.82, 2.24) is 19.9 Å². The van der Waals surface area contributed by atoms with E-state index in [9.17, 15) is 5.26 Å². The number of nitriles is 1. The quantitative estimate of drug-likeness (QED) is 0.794. The van der Waals surface area contributed by atoms with Gasteiger partial charge in [0.05, 0.1) is 13.2 Å². The van der Waals surface area contributed by atoms with Gasteiger partial charge in [0.25, 0.3) is 0 Å². The molecule has 2 aromatic heterocycles. The van der Waals surface area contributed by atoms with Crippen LogP contribution in [-0.2, 0) is 11.3 Å². The summed E-state index contributed by atoms with van der Waals surface area (Å²) < 4.78 is 5.42. The molecular formula is C19H23N7O. The molecule has 1 aliphatic heterocycles. The maximum atomic E-state index is 9.45. The fraction of sp³-hybridized carbons (Fsp3) is 0.526. The van der Waals surface area contributed by atoms with Crippen LogP contribution < -0.4 is 9.80 Å². The fourth-order valence-electron chi connectivity index (χ4n) is 3.70. The number of pyridine rings is 1. The lowest BCUT2D eigenvalue weighted by atomic mass is 10.2. The zero-order chi connectivity index (χ0) is 18.5.